The summed E-state index contributed by atoms with van der Waals surface area (Å²) >= 11 is 0. The minimum atomic E-state index is -0.999. The lowest BCUT2D eigenvalue weighted by Crippen LogP contribution is -2.29. The average molecular weight is 313 g/mol. The van der Waals surface area contributed by atoms with E-state index in [1.54, 1.807) is 43.3 Å². The second-order valence-electron chi connectivity index (χ2n) is 4.91. The van der Waals surface area contributed by atoms with Gasteiger partial charge in [0, 0.05) is 13.0 Å². The van der Waals surface area contributed by atoms with Gasteiger partial charge in [-0.3, -0.25) is 4.90 Å². The third-order valence-corrected chi connectivity index (χ3v) is 3.44. The van der Waals surface area contributed by atoms with E-state index in [-0.39, 0.29) is 12.6 Å². The molecule has 1 amide bonds. The fraction of sp³-hybridized carbons (Fsp3) is 0.222. The number of esters is 1. The van der Waals surface area contributed by atoms with Gasteiger partial charge in [0.1, 0.15) is 0 Å². The molecule has 0 aliphatic heterocycles. The number of carboxylic acid groups (broad SMARTS) is 1. The number of rotatable bonds is 6. The van der Waals surface area contributed by atoms with E-state index >= 15 is 0 Å². The van der Waals surface area contributed by atoms with E-state index in [1.807, 2.05) is 18.2 Å². The number of para-hydroxylation sites is 1. The number of hydrogen-bond acceptors (Lipinski definition) is 3. The third-order valence-electron chi connectivity index (χ3n) is 3.44. The molecule has 0 saturated carbocycles. The predicted molar refractivity (Wildman–Crippen MR) is 87.9 cm³/mol. The molecule has 0 bridgehead atoms. The maximum atomic E-state index is 11.9. The van der Waals surface area contributed by atoms with Crippen LogP contribution < -0.4 is 4.90 Å². The van der Waals surface area contributed by atoms with Crippen LogP contribution in [-0.4, -0.2) is 30.3 Å². The Balaban J connectivity index is 2.01. The predicted octanol–water partition coefficient (Wildman–Crippen LogP) is 3.59. The molecule has 0 fully saturated rings. The van der Waals surface area contributed by atoms with Crippen molar-refractivity contribution in [1.29, 1.82) is 0 Å². The molecule has 2 aromatic carbocycles. The van der Waals surface area contributed by atoms with Gasteiger partial charge in [0.15, 0.2) is 0 Å². The number of anilines is 1. The number of carbonyl (C=O) groups is 2. The van der Waals surface area contributed by atoms with Crippen LogP contribution in [0.3, 0.4) is 0 Å². The maximum absolute atomic E-state index is 11.9. The molecular formula is C18H19NO4. The first-order chi connectivity index (χ1) is 11.1. The number of hydrogen-bond donors (Lipinski definition) is 1. The second-order valence-corrected chi connectivity index (χ2v) is 4.91. The Morgan fingerprint density at radius 1 is 1.04 bits per heavy atom. The first-order valence-corrected chi connectivity index (χ1v) is 7.44. The summed E-state index contributed by atoms with van der Waals surface area (Å²) in [5.41, 5.74) is 1.96. The van der Waals surface area contributed by atoms with Crippen molar-refractivity contribution >= 4 is 17.7 Å². The van der Waals surface area contributed by atoms with Crippen molar-refractivity contribution in [1.82, 2.24) is 0 Å². The highest BCUT2D eigenvalue weighted by molar-refractivity contribution is 5.89. The minimum absolute atomic E-state index is 0.196. The summed E-state index contributed by atoms with van der Waals surface area (Å²) in [6, 6.07) is 16.0. The summed E-state index contributed by atoms with van der Waals surface area (Å²) in [7, 11) is 0. The van der Waals surface area contributed by atoms with Gasteiger partial charge >= 0.3 is 12.1 Å². The maximum Gasteiger partial charge on any atom is 0.411 e. The standard InChI is InChI=1S/C18H19NO4/c1-2-19(18(21)22)16-11-7-6-8-14(16)12-13-23-17(20)15-9-4-3-5-10-15/h3-11H,2,12-13H2,1H3,(H,21,22). The van der Waals surface area contributed by atoms with Crippen molar-refractivity contribution in [3.05, 3.63) is 65.7 Å². The smallest absolute Gasteiger partial charge is 0.411 e. The van der Waals surface area contributed by atoms with Crippen LogP contribution in [0, 0.1) is 0 Å². The van der Waals surface area contributed by atoms with Crippen LogP contribution in [0.25, 0.3) is 0 Å². The van der Waals surface area contributed by atoms with Crippen LogP contribution in [0.2, 0.25) is 0 Å². The SMILES string of the molecule is CCN(C(=O)O)c1ccccc1CCOC(=O)c1ccccc1. The first kappa shape index (κ1) is 16.5. The van der Waals surface area contributed by atoms with Gasteiger partial charge in [-0.05, 0) is 30.7 Å². The highest BCUT2D eigenvalue weighted by Gasteiger charge is 2.15. The number of amides is 1. The molecular weight excluding hydrogens is 294 g/mol. The zero-order valence-corrected chi connectivity index (χ0v) is 12.9. The third kappa shape index (κ3) is 4.32. The second kappa shape index (κ2) is 7.98. The molecule has 0 aliphatic rings. The zero-order valence-electron chi connectivity index (χ0n) is 12.9. The van der Waals surface area contributed by atoms with Gasteiger partial charge in [0.05, 0.1) is 17.9 Å². The Labute approximate surface area is 135 Å². The van der Waals surface area contributed by atoms with Gasteiger partial charge in [-0.2, -0.15) is 0 Å². The Hall–Kier alpha value is -2.82. The van der Waals surface area contributed by atoms with E-state index in [4.69, 9.17) is 4.74 Å². The Morgan fingerprint density at radius 2 is 1.70 bits per heavy atom. The lowest BCUT2D eigenvalue weighted by atomic mass is 10.1. The Bertz CT molecular complexity index is 670. The number of nitrogens with zero attached hydrogens (tertiary/aromatic N) is 1. The molecule has 2 rings (SSSR count). The van der Waals surface area contributed by atoms with Crippen LogP contribution in [0.5, 0.6) is 0 Å². The Kier molecular flexibility index (Phi) is 5.74. The van der Waals surface area contributed by atoms with Crippen molar-refractivity contribution in [2.45, 2.75) is 13.3 Å². The van der Waals surface area contributed by atoms with Crippen molar-refractivity contribution in [3.63, 3.8) is 0 Å². The van der Waals surface area contributed by atoms with Gasteiger partial charge in [0.2, 0.25) is 0 Å². The van der Waals surface area contributed by atoms with Crippen LogP contribution in [-0.2, 0) is 11.2 Å². The normalized spacial score (nSPS) is 10.1. The molecule has 0 aliphatic carbocycles. The van der Waals surface area contributed by atoms with Crippen molar-refractivity contribution < 1.29 is 19.4 Å². The average Bonchev–Trinajstić information content (AvgIpc) is 2.57. The summed E-state index contributed by atoms with van der Waals surface area (Å²) in [4.78, 5) is 24.5. The molecule has 0 heterocycles. The number of carbonyl (C=O) groups excluding carboxylic acids is 1. The topological polar surface area (TPSA) is 66.8 Å². The summed E-state index contributed by atoms with van der Waals surface area (Å²) < 4.78 is 5.26. The monoisotopic (exact) mass is 313 g/mol. The largest absolute Gasteiger partial charge is 0.465 e. The number of ether oxygens (including phenoxy) is 1. The van der Waals surface area contributed by atoms with Gasteiger partial charge in [-0.15, -0.1) is 0 Å². The van der Waals surface area contributed by atoms with Crippen LogP contribution in [0.1, 0.15) is 22.8 Å². The van der Waals surface area contributed by atoms with E-state index in [9.17, 15) is 14.7 Å². The molecule has 0 atom stereocenters. The highest BCUT2D eigenvalue weighted by atomic mass is 16.5. The van der Waals surface area contributed by atoms with Crippen molar-refractivity contribution in [2.24, 2.45) is 0 Å². The lowest BCUT2D eigenvalue weighted by molar-refractivity contribution is 0.0509. The zero-order chi connectivity index (χ0) is 16.7. The first-order valence-electron chi connectivity index (χ1n) is 7.44. The molecule has 0 aromatic heterocycles. The molecule has 23 heavy (non-hydrogen) atoms. The Morgan fingerprint density at radius 3 is 2.35 bits per heavy atom. The fourth-order valence-corrected chi connectivity index (χ4v) is 2.31. The quantitative estimate of drug-likeness (QED) is 0.828. The molecule has 0 unspecified atom stereocenters. The van der Waals surface area contributed by atoms with Gasteiger partial charge in [0.25, 0.3) is 0 Å². The molecule has 5 heteroatoms. The van der Waals surface area contributed by atoms with Gasteiger partial charge in [-0.25, -0.2) is 9.59 Å². The molecule has 120 valence electrons. The molecule has 5 nitrogen and oxygen atoms in total. The van der Waals surface area contributed by atoms with E-state index in [0.29, 0.717) is 24.2 Å². The summed E-state index contributed by atoms with van der Waals surface area (Å²) in [6.45, 7) is 2.33. The van der Waals surface area contributed by atoms with Crippen LogP contribution in [0.4, 0.5) is 10.5 Å². The van der Waals surface area contributed by atoms with E-state index < -0.39 is 6.09 Å². The van der Waals surface area contributed by atoms with E-state index in [2.05, 4.69) is 0 Å². The molecule has 2 aromatic rings. The van der Waals surface area contributed by atoms with Gasteiger partial charge < -0.3 is 9.84 Å². The van der Waals surface area contributed by atoms with Gasteiger partial charge in [-0.1, -0.05) is 36.4 Å². The molecule has 0 radical (unpaired) electrons. The van der Waals surface area contributed by atoms with Crippen LogP contribution in [0.15, 0.2) is 54.6 Å². The van der Waals surface area contributed by atoms with Crippen molar-refractivity contribution in [2.75, 3.05) is 18.1 Å². The molecule has 0 saturated heterocycles. The minimum Gasteiger partial charge on any atom is -0.465 e. The highest BCUT2D eigenvalue weighted by Crippen LogP contribution is 2.21. The summed E-state index contributed by atoms with van der Waals surface area (Å²) in [5, 5.41) is 9.25. The van der Waals surface area contributed by atoms with Crippen molar-refractivity contribution in [3.8, 4) is 0 Å². The molecule has 0 spiro atoms. The fourth-order valence-electron chi connectivity index (χ4n) is 2.31. The van der Waals surface area contributed by atoms with E-state index in [0.717, 1.165) is 5.56 Å². The summed E-state index contributed by atoms with van der Waals surface area (Å²) in [6.07, 6.45) is -0.542. The summed E-state index contributed by atoms with van der Waals surface area (Å²) in [5.74, 6) is -0.381. The lowest BCUT2D eigenvalue weighted by Gasteiger charge is -2.20. The molecule has 1 N–H and O–H groups in total. The van der Waals surface area contributed by atoms with E-state index in [1.165, 1.54) is 4.90 Å². The van der Waals surface area contributed by atoms with Crippen LogP contribution >= 0.6 is 0 Å². The number of benzene rings is 2.